The van der Waals surface area contributed by atoms with Crippen LogP contribution < -0.4 is 5.32 Å². The molecule has 0 aliphatic heterocycles. The summed E-state index contributed by atoms with van der Waals surface area (Å²) in [5.41, 5.74) is 2.70. The summed E-state index contributed by atoms with van der Waals surface area (Å²) < 4.78 is 0. The molecule has 0 amide bonds. The summed E-state index contributed by atoms with van der Waals surface area (Å²) >= 11 is 0. The van der Waals surface area contributed by atoms with Crippen LogP contribution in [-0.4, -0.2) is 17.6 Å². The molecule has 2 nitrogen and oxygen atoms in total. The second kappa shape index (κ2) is 5.17. The van der Waals surface area contributed by atoms with E-state index in [2.05, 4.69) is 34.6 Å². The molecule has 0 bridgehead atoms. The molecule has 2 aliphatic carbocycles. The molecule has 1 heterocycles. The molecule has 4 rings (SSSR count). The van der Waals surface area contributed by atoms with Gasteiger partial charge >= 0.3 is 0 Å². The second-order valence-electron chi connectivity index (χ2n) is 6.40. The van der Waals surface area contributed by atoms with Gasteiger partial charge in [-0.2, -0.15) is 0 Å². The van der Waals surface area contributed by atoms with Crippen molar-refractivity contribution in [2.45, 2.75) is 44.1 Å². The first kappa shape index (κ1) is 12.3. The molecule has 2 atom stereocenters. The van der Waals surface area contributed by atoms with Crippen molar-refractivity contribution in [3.05, 3.63) is 42.1 Å². The summed E-state index contributed by atoms with van der Waals surface area (Å²) in [6.07, 6.45) is 8.75. The fourth-order valence-corrected chi connectivity index (χ4v) is 3.72. The highest BCUT2D eigenvalue weighted by Crippen LogP contribution is 2.41. The Labute approximate surface area is 120 Å². The molecule has 2 heteroatoms. The molecule has 1 aromatic carbocycles. The third-order valence-electron chi connectivity index (χ3n) is 4.97. The molecule has 20 heavy (non-hydrogen) atoms. The van der Waals surface area contributed by atoms with Gasteiger partial charge in [-0.1, -0.05) is 30.7 Å². The van der Waals surface area contributed by atoms with Crippen molar-refractivity contribution >= 4 is 10.9 Å². The Morgan fingerprint density at radius 1 is 1.05 bits per heavy atom. The Hall–Kier alpha value is -1.41. The highest BCUT2D eigenvalue weighted by atomic mass is 14.9. The van der Waals surface area contributed by atoms with Crippen LogP contribution in [0.1, 0.15) is 43.6 Å². The number of nitrogens with one attached hydrogen (secondary N) is 1. The van der Waals surface area contributed by atoms with E-state index in [9.17, 15) is 0 Å². The summed E-state index contributed by atoms with van der Waals surface area (Å²) in [7, 11) is 0. The quantitative estimate of drug-likeness (QED) is 0.908. The van der Waals surface area contributed by atoms with E-state index >= 15 is 0 Å². The van der Waals surface area contributed by atoms with E-state index in [0.717, 1.165) is 12.0 Å². The fraction of sp³-hybridized carbons (Fsp3) is 0.500. The number of hydrogen-bond donors (Lipinski definition) is 1. The number of fused-ring (bicyclic) bond motifs is 1. The van der Waals surface area contributed by atoms with E-state index in [1.807, 2.05) is 12.3 Å². The van der Waals surface area contributed by atoms with Crippen LogP contribution in [0.3, 0.4) is 0 Å². The number of pyridine rings is 1. The zero-order valence-corrected chi connectivity index (χ0v) is 11.9. The normalized spacial score (nSPS) is 26.2. The predicted octanol–water partition coefficient (Wildman–Crippen LogP) is 3.87. The van der Waals surface area contributed by atoms with Crippen molar-refractivity contribution in [2.24, 2.45) is 5.92 Å². The Bertz CT molecular complexity index is 598. The minimum Gasteiger partial charge on any atom is -0.314 e. The minimum absolute atomic E-state index is 0.694. The largest absolute Gasteiger partial charge is 0.314 e. The molecule has 0 radical (unpaired) electrons. The van der Waals surface area contributed by atoms with Crippen molar-refractivity contribution in [3.63, 3.8) is 0 Å². The molecular formula is C18H22N2. The topological polar surface area (TPSA) is 24.9 Å². The van der Waals surface area contributed by atoms with Crippen molar-refractivity contribution in [3.8, 4) is 0 Å². The van der Waals surface area contributed by atoms with Gasteiger partial charge in [0.05, 0.1) is 5.52 Å². The number of benzene rings is 1. The van der Waals surface area contributed by atoms with Gasteiger partial charge in [-0.05, 0) is 55.7 Å². The van der Waals surface area contributed by atoms with E-state index < -0.39 is 0 Å². The van der Waals surface area contributed by atoms with Gasteiger partial charge in [-0.3, -0.25) is 4.98 Å². The van der Waals surface area contributed by atoms with Crippen molar-refractivity contribution in [1.82, 2.24) is 10.3 Å². The predicted molar refractivity (Wildman–Crippen MR) is 82.8 cm³/mol. The molecule has 2 unspecified atom stereocenters. The van der Waals surface area contributed by atoms with Gasteiger partial charge in [-0.15, -0.1) is 0 Å². The number of nitrogens with zero attached hydrogens (tertiary/aromatic N) is 1. The molecule has 2 saturated carbocycles. The highest BCUT2D eigenvalue weighted by molar-refractivity contribution is 5.82. The first-order valence-electron chi connectivity index (χ1n) is 7.99. The summed E-state index contributed by atoms with van der Waals surface area (Å²) in [6.45, 7) is 1.19. The number of para-hydroxylation sites is 1. The third-order valence-corrected chi connectivity index (χ3v) is 4.97. The molecular weight excluding hydrogens is 244 g/mol. The lowest BCUT2D eigenvalue weighted by molar-refractivity contribution is 0.444. The van der Waals surface area contributed by atoms with Gasteiger partial charge in [0.2, 0.25) is 0 Å². The van der Waals surface area contributed by atoms with Crippen LogP contribution in [0.5, 0.6) is 0 Å². The summed E-state index contributed by atoms with van der Waals surface area (Å²) in [5, 5.41) is 5.01. The summed E-state index contributed by atoms with van der Waals surface area (Å²) in [6, 6.07) is 11.7. The third kappa shape index (κ3) is 2.33. The number of rotatable bonds is 4. The average Bonchev–Trinajstić information content (AvgIpc) is 3.21. The van der Waals surface area contributed by atoms with Gasteiger partial charge in [0, 0.05) is 17.6 Å². The van der Waals surface area contributed by atoms with Gasteiger partial charge in [-0.25, -0.2) is 0 Å². The van der Waals surface area contributed by atoms with Crippen LogP contribution >= 0.6 is 0 Å². The van der Waals surface area contributed by atoms with Gasteiger partial charge in [0.1, 0.15) is 0 Å². The average molecular weight is 266 g/mol. The Morgan fingerprint density at radius 2 is 1.95 bits per heavy atom. The van der Waals surface area contributed by atoms with Crippen LogP contribution in [0.25, 0.3) is 10.9 Å². The van der Waals surface area contributed by atoms with E-state index in [4.69, 9.17) is 0 Å². The lowest BCUT2D eigenvalue weighted by Crippen LogP contribution is -2.26. The Kier molecular flexibility index (Phi) is 3.19. The van der Waals surface area contributed by atoms with Gasteiger partial charge in [0.25, 0.3) is 0 Å². The maximum absolute atomic E-state index is 4.65. The Morgan fingerprint density at radius 3 is 2.85 bits per heavy atom. The highest BCUT2D eigenvalue weighted by Gasteiger charge is 2.31. The van der Waals surface area contributed by atoms with Gasteiger partial charge in [0.15, 0.2) is 0 Å². The molecule has 2 aromatic rings. The zero-order valence-electron chi connectivity index (χ0n) is 11.9. The van der Waals surface area contributed by atoms with Crippen LogP contribution in [0.15, 0.2) is 36.5 Å². The lowest BCUT2D eigenvalue weighted by Gasteiger charge is -2.21. The van der Waals surface area contributed by atoms with Crippen LogP contribution in [0, 0.1) is 5.92 Å². The maximum atomic E-state index is 4.65. The SMILES string of the molecule is c1cnc2c(C3CCCC3CNC3CC3)cccc2c1. The van der Waals surface area contributed by atoms with Crippen LogP contribution in [0.2, 0.25) is 0 Å². The van der Waals surface area contributed by atoms with E-state index in [-0.39, 0.29) is 0 Å². The summed E-state index contributed by atoms with van der Waals surface area (Å²) in [5.74, 6) is 1.49. The molecule has 1 aromatic heterocycles. The molecule has 104 valence electrons. The molecule has 2 aliphatic rings. The van der Waals surface area contributed by atoms with E-state index in [0.29, 0.717) is 5.92 Å². The molecule has 0 saturated heterocycles. The van der Waals surface area contributed by atoms with Crippen LogP contribution in [-0.2, 0) is 0 Å². The Balaban J connectivity index is 1.63. The maximum Gasteiger partial charge on any atom is 0.0736 e. The molecule has 2 fully saturated rings. The summed E-state index contributed by atoms with van der Waals surface area (Å²) in [4.78, 5) is 4.65. The first-order valence-corrected chi connectivity index (χ1v) is 7.99. The van der Waals surface area contributed by atoms with Crippen molar-refractivity contribution in [2.75, 3.05) is 6.54 Å². The molecule has 1 N–H and O–H groups in total. The standard InChI is InChI=1S/C18H22N2/c1-4-13-6-3-11-19-18(13)17(8-1)16-7-2-5-14(16)12-20-15-9-10-15/h1,3-4,6,8,11,14-16,20H,2,5,7,9-10,12H2. The van der Waals surface area contributed by atoms with Gasteiger partial charge < -0.3 is 5.32 Å². The van der Waals surface area contributed by atoms with E-state index in [1.165, 1.54) is 55.1 Å². The monoisotopic (exact) mass is 266 g/mol. The smallest absolute Gasteiger partial charge is 0.0736 e. The molecule has 0 spiro atoms. The number of hydrogen-bond acceptors (Lipinski definition) is 2. The number of aromatic nitrogens is 1. The lowest BCUT2D eigenvalue weighted by atomic mass is 9.87. The van der Waals surface area contributed by atoms with Crippen LogP contribution in [0.4, 0.5) is 0 Å². The second-order valence-corrected chi connectivity index (χ2v) is 6.40. The first-order chi connectivity index (χ1) is 9.92. The van der Waals surface area contributed by atoms with Crippen molar-refractivity contribution < 1.29 is 0 Å². The van der Waals surface area contributed by atoms with Crippen molar-refractivity contribution in [1.29, 1.82) is 0 Å². The zero-order chi connectivity index (χ0) is 13.4. The van der Waals surface area contributed by atoms with E-state index in [1.54, 1.807) is 0 Å². The fourth-order valence-electron chi connectivity index (χ4n) is 3.72. The minimum atomic E-state index is 0.694.